The Kier molecular flexibility index (Phi) is 17.5. The van der Waals surface area contributed by atoms with Crippen molar-refractivity contribution in [2.45, 2.75) is 107 Å². The largest absolute Gasteiger partial charge is 0.748 e. The predicted octanol–water partition coefficient (Wildman–Crippen LogP) is 6.36. The molecule has 0 aliphatic carbocycles. The number of carbonyl (C=O) groups is 1. The Morgan fingerprint density at radius 1 is 0.723 bits per heavy atom. The van der Waals surface area contributed by atoms with E-state index < -0.39 is 114 Å². The normalized spacial score (nSPS) is 19.9. The Labute approximate surface area is 376 Å². The third kappa shape index (κ3) is 13.8. The molecule has 2 aliphatic rings. The second-order valence-electron chi connectivity index (χ2n) is 16.4. The van der Waals surface area contributed by atoms with E-state index >= 15 is 8.78 Å². The molecule has 24 heteroatoms. The Morgan fingerprint density at radius 2 is 1.31 bits per heavy atom. The van der Waals surface area contributed by atoms with Crippen LogP contribution in [-0.4, -0.2) is 104 Å². The van der Waals surface area contributed by atoms with Crippen LogP contribution in [0, 0.1) is 23.3 Å². The molecule has 2 aromatic rings. The first-order valence-corrected chi connectivity index (χ1v) is 26.7. The summed E-state index contributed by atoms with van der Waals surface area (Å²) in [5.41, 5.74) is -2.51. The smallest absolute Gasteiger partial charge is 0.303 e. The van der Waals surface area contributed by atoms with Crippen LogP contribution in [0.25, 0.3) is 0 Å². The van der Waals surface area contributed by atoms with Crippen LogP contribution in [0.3, 0.4) is 0 Å². The van der Waals surface area contributed by atoms with Crippen molar-refractivity contribution in [2.75, 3.05) is 35.2 Å². The third-order valence-electron chi connectivity index (χ3n) is 11.6. The van der Waals surface area contributed by atoms with Gasteiger partial charge in [0.2, 0.25) is 11.6 Å². The fourth-order valence-electron chi connectivity index (χ4n) is 8.53. The number of fused-ring (bicyclic) bond motifs is 2. The Hall–Kier alpha value is -4.04. The molecule has 362 valence electrons. The van der Waals surface area contributed by atoms with Gasteiger partial charge >= 0.3 is 5.97 Å². The van der Waals surface area contributed by atoms with Gasteiger partial charge in [-0.2, -0.15) is 25.8 Å². The van der Waals surface area contributed by atoms with Gasteiger partial charge in [0.1, 0.15) is 6.54 Å². The lowest BCUT2D eigenvalue weighted by Crippen LogP contribution is -2.32. The maximum atomic E-state index is 15.8. The van der Waals surface area contributed by atoms with Crippen molar-refractivity contribution in [1.29, 1.82) is 0 Å². The Morgan fingerprint density at radius 3 is 1.89 bits per heavy atom. The summed E-state index contributed by atoms with van der Waals surface area (Å²) in [5.74, 6) is -10.9. The number of hydrogen-bond donors (Lipinski definition) is 3. The highest BCUT2D eigenvalue weighted by Gasteiger charge is 2.53. The summed E-state index contributed by atoms with van der Waals surface area (Å²) < 4.78 is 197. The van der Waals surface area contributed by atoms with E-state index in [1.807, 2.05) is 4.90 Å². The number of allylic oxidation sites excluding steroid dienone is 6. The standard InChI is InChI=1S/C41H52F4N2O14S4/c1-40(20-8-12-24-62(50,51)52)29-27-28(65(59,60)61)18-19-30(29)46(22-10-4-7-17-33(48)49)31(40)15-5-3-6-16-32-41(2,21-9-13-25-63(53,54)55)34-35(42)36(43)37(44)38(45)39(34)47(32)23-11-14-26-64(56,57)58/h3,5-6,15-16,18-19,27H,4,7-14,17,20-26H2,1-2H3,(H4-,48,49,50,51,52,53,54,55,56,57,58,59,60,61)/p-1. The first-order chi connectivity index (χ1) is 30.0. The van der Waals surface area contributed by atoms with Gasteiger partial charge in [-0.3, -0.25) is 13.9 Å². The van der Waals surface area contributed by atoms with Gasteiger partial charge in [0.05, 0.1) is 41.9 Å². The van der Waals surface area contributed by atoms with Gasteiger partial charge in [0.25, 0.3) is 25.9 Å². The number of aliphatic carboxylic acids is 1. The van der Waals surface area contributed by atoms with E-state index in [9.17, 15) is 65.5 Å². The van der Waals surface area contributed by atoms with E-state index in [2.05, 4.69) is 0 Å². The molecule has 0 aromatic heterocycles. The first kappa shape index (κ1) is 53.6. The number of unbranched alkanes of at least 4 members (excludes halogenated alkanes) is 5. The first-order valence-electron chi connectivity index (χ1n) is 20.5. The molecular formula is C41H51F4N2O14S4-. The number of carboxylic acids is 1. The maximum Gasteiger partial charge on any atom is 0.303 e. The number of hydrogen-bond acceptors (Lipinski definition) is 12. The lowest BCUT2D eigenvalue weighted by atomic mass is 9.75. The lowest BCUT2D eigenvalue weighted by molar-refractivity contribution is -0.440. The molecule has 2 heterocycles. The summed E-state index contributed by atoms with van der Waals surface area (Å²) in [4.78, 5) is 12.6. The van der Waals surface area contributed by atoms with Crippen molar-refractivity contribution in [2.24, 2.45) is 0 Å². The predicted molar refractivity (Wildman–Crippen MR) is 229 cm³/mol. The van der Waals surface area contributed by atoms with Crippen molar-refractivity contribution in [1.82, 2.24) is 0 Å². The van der Waals surface area contributed by atoms with Crippen molar-refractivity contribution in [3.05, 3.63) is 88.7 Å². The van der Waals surface area contributed by atoms with Crippen LogP contribution >= 0.6 is 0 Å². The summed E-state index contributed by atoms with van der Waals surface area (Å²) in [6, 6.07) is 3.96. The van der Waals surface area contributed by atoms with E-state index in [0.29, 0.717) is 36.2 Å². The minimum Gasteiger partial charge on any atom is -0.748 e. The van der Waals surface area contributed by atoms with Gasteiger partial charge in [-0.15, -0.1) is 0 Å². The van der Waals surface area contributed by atoms with Gasteiger partial charge in [0.15, 0.2) is 17.3 Å². The molecule has 2 unspecified atom stereocenters. The molecule has 2 atom stereocenters. The summed E-state index contributed by atoms with van der Waals surface area (Å²) in [6.07, 6.45) is 8.21. The number of rotatable bonds is 25. The van der Waals surface area contributed by atoms with Crippen LogP contribution in [0.2, 0.25) is 0 Å². The quantitative estimate of drug-likeness (QED) is 0.0186. The van der Waals surface area contributed by atoms with Crippen LogP contribution in [0.4, 0.5) is 28.9 Å². The molecule has 3 N–H and O–H groups in total. The number of carboxylic acid groups (broad SMARTS) is 1. The van der Waals surface area contributed by atoms with Crippen LogP contribution in [-0.2, 0) is 56.1 Å². The Bertz CT molecular complexity index is 2730. The molecule has 0 fully saturated rings. The minimum absolute atomic E-state index is 0.0381. The molecule has 4 rings (SSSR count). The number of benzene rings is 2. The van der Waals surface area contributed by atoms with Crippen molar-refractivity contribution in [3.63, 3.8) is 0 Å². The number of anilines is 1. The molecule has 65 heavy (non-hydrogen) atoms. The van der Waals surface area contributed by atoms with Crippen molar-refractivity contribution < 1.29 is 83.9 Å². The van der Waals surface area contributed by atoms with Crippen LogP contribution in [0.5, 0.6) is 0 Å². The zero-order chi connectivity index (χ0) is 48.8. The number of halogens is 4. The molecule has 2 aliphatic heterocycles. The summed E-state index contributed by atoms with van der Waals surface area (Å²) >= 11 is 0. The lowest BCUT2D eigenvalue weighted by Gasteiger charge is -2.30. The van der Waals surface area contributed by atoms with Crippen LogP contribution < -0.4 is 4.90 Å². The molecule has 0 radical (unpaired) electrons. The van der Waals surface area contributed by atoms with Crippen molar-refractivity contribution >= 4 is 63.5 Å². The van der Waals surface area contributed by atoms with E-state index in [-0.39, 0.29) is 76.6 Å². The van der Waals surface area contributed by atoms with Gasteiger partial charge in [-0.05, 0) is 88.6 Å². The zero-order valence-electron chi connectivity index (χ0n) is 35.5. The molecule has 16 nitrogen and oxygen atoms in total. The second-order valence-corrected chi connectivity index (χ2v) is 22.5. The highest BCUT2D eigenvalue weighted by atomic mass is 32.2. The molecule has 0 spiro atoms. The highest BCUT2D eigenvalue weighted by Crippen LogP contribution is 2.52. The van der Waals surface area contributed by atoms with E-state index in [0.717, 1.165) is 4.58 Å². The fourth-order valence-corrected chi connectivity index (χ4v) is 10.7. The molecule has 0 amide bonds. The van der Waals surface area contributed by atoms with Crippen LogP contribution in [0.1, 0.15) is 102 Å². The summed E-state index contributed by atoms with van der Waals surface area (Å²) in [7, 11) is -18.4. The molecule has 0 bridgehead atoms. The molecule has 0 saturated carbocycles. The molecular weight excluding hydrogens is 949 g/mol. The average Bonchev–Trinajstić information content (AvgIpc) is 3.56. The van der Waals surface area contributed by atoms with E-state index in [4.69, 9.17) is 5.11 Å². The number of nitrogens with zero attached hydrogens (tertiary/aromatic N) is 2. The average molecular weight is 1000 g/mol. The van der Waals surface area contributed by atoms with Crippen LogP contribution in [0.15, 0.2) is 59.2 Å². The Balaban J connectivity index is 1.85. The van der Waals surface area contributed by atoms with E-state index in [1.165, 1.54) is 49.4 Å². The van der Waals surface area contributed by atoms with Gasteiger partial charge < -0.3 is 19.1 Å². The monoisotopic (exact) mass is 999 g/mol. The second kappa shape index (κ2) is 21.3. The minimum atomic E-state index is -4.70. The van der Waals surface area contributed by atoms with Crippen molar-refractivity contribution in [3.8, 4) is 0 Å². The molecule has 2 aromatic carbocycles. The van der Waals surface area contributed by atoms with Gasteiger partial charge in [0, 0.05) is 53.8 Å². The van der Waals surface area contributed by atoms with Gasteiger partial charge in [-0.1, -0.05) is 37.5 Å². The zero-order valence-corrected chi connectivity index (χ0v) is 38.8. The highest BCUT2D eigenvalue weighted by molar-refractivity contribution is 7.86. The third-order valence-corrected chi connectivity index (χ3v) is 14.8. The summed E-state index contributed by atoms with van der Waals surface area (Å²) in [5, 5.41) is 9.12. The fraction of sp³-hybridized carbons (Fsp3) is 0.512. The molecule has 0 saturated heterocycles. The SMILES string of the molecule is CC1(CCCCS(=O)(=O)[O-])C(=CC=CC=CC2=[N+](CCCCS(=O)(=O)[O-])c3c(F)c(F)c(F)c(F)c3C2(C)CCCCS(=O)(=O)O)N(CCCCCC(=O)O)c2ccc(S(=O)(=O)O)cc21. The van der Waals surface area contributed by atoms with E-state index in [1.54, 1.807) is 13.0 Å². The van der Waals surface area contributed by atoms with Gasteiger partial charge in [-0.25, -0.2) is 30.0 Å². The summed E-state index contributed by atoms with van der Waals surface area (Å²) in [6.45, 7) is 3.12. The topological polar surface area (TPSA) is 267 Å². The maximum absolute atomic E-state index is 15.8.